The first-order chi connectivity index (χ1) is 12.0. The van der Waals surface area contributed by atoms with Crippen LogP contribution in [0.25, 0.3) is 10.9 Å². The van der Waals surface area contributed by atoms with Crippen molar-refractivity contribution in [3.8, 4) is 0 Å². The summed E-state index contributed by atoms with van der Waals surface area (Å²) < 4.78 is 19.5. The van der Waals surface area contributed by atoms with Crippen molar-refractivity contribution in [2.75, 3.05) is 0 Å². The van der Waals surface area contributed by atoms with Crippen molar-refractivity contribution in [1.29, 1.82) is 0 Å². The Hall–Kier alpha value is -2.70. The Morgan fingerprint density at radius 3 is 2.54 bits per heavy atom. The third kappa shape index (κ3) is 4.09. The zero-order valence-corrected chi connectivity index (χ0v) is 15.5. The third-order valence-corrected chi connectivity index (χ3v) is 3.80. The van der Waals surface area contributed by atoms with Gasteiger partial charge in [0.25, 0.3) is 0 Å². The quantitative estimate of drug-likeness (QED) is 0.850. The van der Waals surface area contributed by atoms with Gasteiger partial charge >= 0.3 is 12.1 Å². The van der Waals surface area contributed by atoms with Crippen molar-refractivity contribution in [3.05, 3.63) is 40.8 Å². The number of fused-ring (bicyclic) bond motifs is 1. The number of hydrogen-bond donors (Lipinski definition) is 2. The molecule has 0 aliphatic rings. The Labute approximate surface area is 151 Å². The van der Waals surface area contributed by atoms with Crippen LogP contribution in [-0.2, 0) is 11.2 Å². The minimum Gasteiger partial charge on any atom is -0.478 e. The zero-order valence-electron chi connectivity index (χ0n) is 15.5. The summed E-state index contributed by atoms with van der Waals surface area (Å²) in [6, 6.07) is 3.68. The molecule has 1 heterocycles. The summed E-state index contributed by atoms with van der Waals surface area (Å²) in [5, 5.41) is 12.5. The van der Waals surface area contributed by atoms with Crippen LogP contribution in [0.5, 0.6) is 0 Å². The van der Waals surface area contributed by atoms with E-state index in [0.717, 1.165) is 0 Å². The molecule has 0 saturated carbocycles. The highest BCUT2D eigenvalue weighted by molar-refractivity contribution is 5.98. The van der Waals surface area contributed by atoms with Crippen LogP contribution in [0.15, 0.2) is 18.2 Å². The lowest BCUT2D eigenvalue weighted by Crippen LogP contribution is -2.35. The third-order valence-electron chi connectivity index (χ3n) is 3.80. The number of hydrogen-bond acceptors (Lipinski definition) is 4. The van der Waals surface area contributed by atoms with Gasteiger partial charge < -0.3 is 15.2 Å². The normalized spacial score (nSPS) is 12.7. The maximum atomic E-state index is 14.3. The monoisotopic (exact) mass is 362 g/mol. The summed E-state index contributed by atoms with van der Waals surface area (Å²) in [6.07, 6.45) is -0.367. The molecule has 1 unspecified atom stereocenters. The summed E-state index contributed by atoms with van der Waals surface area (Å²) in [4.78, 5) is 28.2. The van der Waals surface area contributed by atoms with E-state index in [1.54, 1.807) is 40.7 Å². The Bertz CT molecular complexity index is 859. The number of amides is 1. The van der Waals surface area contributed by atoms with E-state index in [1.807, 2.05) is 0 Å². The number of halogens is 1. The molecule has 0 bridgehead atoms. The van der Waals surface area contributed by atoms with E-state index in [0.29, 0.717) is 17.5 Å². The number of carboxylic acid groups (broad SMARTS) is 1. The number of pyridine rings is 1. The van der Waals surface area contributed by atoms with E-state index in [4.69, 9.17) is 4.74 Å². The molecule has 0 saturated heterocycles. The first kappa shape index (κ1) is 19.6. The van der Waals surface area contributed by atoms with Crippen LogP contribution >= 0.6 is 0 Å². The van der Waals surface area contributed by atoms with Crippen LogP contribution < -0.4 is 5.32 Å². The number of carbonyl (C=O) groups is 2. The average Bonchev–Trinajstić information content (AvgIpc) is 2.51. The average molecular weight is 362 g/mol. The number of aryl methyl sites for hydroxylation is 1. The number of carbonyl (C=O) groups excluding carboxylic acids is 1. The van der Waals surface area contributed by atoms with Gasteiger partial charge in [-0.1, -0.05) is 13.0 Å². The molecule has 6 nitrogen and oxygen atoms in total. The maximum absolute atomic E-state index is 14.3. The number of rotatable bonds is 4. The molecule has 0 aliphatic heterocycles. The van der Waals surface area contributed by atoms with Crippen molar-refractivity contribution in [3.63, 3.8) is 0 Å². The van der Waals surface area contributed by atoms with Gasteiger partial charge in [-0.05, 0) is 51.8 Å². The van der Waals surface area contributed by atoms with Gasteiger partial charge in [0.15, 0.2) is 0 Å². The molecule has 2 rings (SSSR count). The fourth-order valence-electron chi connectivity index (χ4n) is 2.83. The van der Waals surface area contributed by atoms with Crippen molar-refractivity contribution < 1.29 is 23.8 Å². The SMILES string of the molecule is CCc1c(C(=O)O)c(C(C)NC(=O)OC(C)(C)C)nc2cccc(F)c12. The summed E-state index contributed by atoms with van der Waals surface area (Å²) in [7, 11) is 0. The van der Waals surface area contributed by atoms with Gasteiger partial charge in [-0.25, -0.2) is 19.0 Å². The molecular formula is C19H23FN2O4. The number of carboxylic acids is 1. The Morgan fingerprint density at radius 1 is 1.35 bits per heavy atom. The summed E-state index contributed by atoms with van der Waals surface area (Å²) in [5.41, 5.74) is 0.0913. The molecule has 1 amide bonds. The van der Waals surface area contributed by atoms with Gasteiger partial charge in [-0.3, -0.25) is 0 Å². The van der Waals surface area contributed by atoms with Crippen LogP contribution in [0.3, 0.4) is 0 Å². The highest BCUT2D eigenvalue weighted by atomic mass is 19.1. The Morgan fingerprint density at radius 2 is 2.00 bits per heavy atom. The predicted octanol–water partition coefficient (Wildman–Crippen LogP) is 4.22. The lowest BCUT2D eigenvalue weighted by atomic mass is 9.95. The largest absolute Gasteiger partial charge is 0.478 e. The second-order valence-electron chi connectivity index (χ2n) is 7.01. The molecule has 0 aliphatic carbocycles. The highest BCUT2D eigenvalue weighted by Gasteiger charge is 2.26. The smallest absolute Gasteiger partial charge is 0.408 e. The van der Waals surface area contributed by atoms with E-state index < -0.39 is 29.5 Å². The molecule has 140 valence electrons. The lowest BCUT2D eigenvalue weighted by molar-refractivity contribution is 0.0503. The van der Waals surface area contributed by atoms with E-state index >= 15 is 0 Å². The second kappa shape index (κ2) is 7.27. The molecule has 0 fully saturated rings. The Kier molecular flexibility index (Phi) is 5.49. The van der Waals surface area contributed by atoms with Gasteiger partial charge in [0.2, 0.25) is 0 Å². The molecule has 26 heavy (non-hydrogen) atoms. The van der Waals surface area contributed by atoms with Gasteiger partial charge in [-0.2, -0.15) is 0 Å². The fourth-order valence-corrected chi connectivity index (χ4v) is 2.83. The maximum Gasteiger partial charge on any atom is 0.408 e. The highest BCUT2D eigenvalue weighted by Crippen LogP contribution is 2.29. The molecule has 7 heteroatoms. The summed E-state index contributed by atoms with van der Waals surface area (Å²) in [6.45, 7) is 8.55. The number of aromatic nitrogens is 1. The van der Waals surface area contributed by atoms with Crippen molar-refractivity contribution in [2.45, 2.75) is 52.7 Å². The standard InChI is InChI=1S/C19H23FN2O4/c1-6-11-14-12(20)8-7-9-13(14)22-16(15(11)17(23)24)10(2)21-18(25)26-19(3,4)5/h7-10H,6H2,1-5H3,(H,21,25)(H,23,24). The number of nitrogens with one attached hydrogen (secondary N) is 1. The number of alkyl carbamates (subject to hydrolysis) is 1. The fraction of sp³-hybridized carbons (Fsp3) is 0.421. The lowest BCUT2D eigenvalue weighted by Gasteiger charge is -2.23. The summed E-state index contributed by atoms with van der Waals surface area (Å²) >= 11 is 0. The first-order valence-electron chi connectivity index (χ1n) is 8.39. The molecular weight excluding hydrogens is 339 g/mol. The van der Waals surface area contributed by atoms with Crippen molar-refractivity contribution in [1.82, 2.24) is 10.3 Å². The molecule has 0 radical (unpaired) electrons. The van der Waals surface area contributed by atoms with Gasteiger partial charge in [0.05, 0.1) is 22.8 Å². The number of nitrogens with zero attached hydrogens (tertiary/aromatic N) is 1. The number of benzene rings is 1. The minimum atomic E-state index is -1.22. The van der Waals surface area contributed by atoms with Crippen molar-refractivity contribution in [2.24, 2.45) is 0 Å². The van der Waals surface area contributed by atoms with Crippen LogP contribution in [-0.4, -0.2) is 27.8 Å². The molecule has 1 atom stereocenters. The van der Waals surface area contributed by atoms with Gasteiger partial charge in [-0.15, -0.1) is 0 Å². The second-order valence-corrected chi connectivity index (χ2v) is 7.01. The minimum absolute atomic E-state index is 0.0892. The molecule has 1 aromatic heterocycles. The van der Waals surface area contributed by atoms with E-state index in [2.05, 4.69) is 10.3 Å². The summed E-state index contributed by atoms with van der Waals surface area (Å²) in [5.74, 6) is -1.74. The number of aromatic carboxylic acids is 1. The van der Waals surface area contributed by atoms with Crippen molar-refractivity contribution >= 4 is 23.0 Å². The predicted molar refractivity (Wildman–Crippen MR) is 95.8 cm³/mol. The molecule has 0 spiro atoms. The molecule has 2 aromatic rings. The topological polar surface area (TPSA) is 88.5 Å². The Balaban J connectivity index is 2.57. The van der Waals surface area contributed by atoms with Gasteiger partial charge in [0.1, 0.15) is 11.4 Å². The van der Waals surface area contributed by atoms with Gasteiger partial charge in [0, 0.05) is 5.39 Å². The first-order valence-corrected chi connectivity index (χ1v) is 8.39. The van der Waals surface area contributed by atoms with Crippen LogP contribution in [0, 0.1) is 5.82 Å². The molecule has 1 aromatic carbocycles. The van der Waals surface area contributed by atoms with Crippen LogP contribution in [0.1, 0.15) is 62.3 Å². The van der Waals surface area contributed by atoms with E-state index in [1.165, 1.54) is 12.1 Å². The molecule has 2 N–H and O–H groups in total. The van der Waals surface area contributed by atoms with Crippen LogP contribution in [0.4, 0.5) is 9.18 Å². The van der Waals surface area contributed by atoms with Crippen LogP contribution in [0.2, 0.25) is 0 Å². The number of ether oxygens (including phenoxy) is 1. The van der Waals surface area contributed by atoms with E-state index in [9.17, 15) is 19.1 Å². The van der Waals surface area contributed by atoms with E-state index in [-0.39, 0.29) is 16.6 Å². The zero-order chi connectivity index (χ0) is 19.6.